The zero-order valence-electron chi connectivity index (χ0n) is 100. The van der Waals surface area contributed by atoms with Crippen molar-refractivity contribution in [2.24, 2.45) is 37.9 Å². The average molecular weight is 1780 g/mol. The molecule has 2 aromatic heterocycles. The molecule has 0 amide bonds. The second-order valence-corrected chi connectivity index (χ2v) is 49.9. The minimum Gasteiger partial charge on any atom is -0.311 e. The van der Waals surface area contributed by atoms with E-state index in [0.717, 1.165) is 105 Å². The predicted octanol–water partition coefficient (Wildman–Crippen LogP) is 34.9. The molecule has 0 aliphatic carbocycles. The topological polar surface area (TPSA) is 16.3 Å². The molecule has 2 aliphatic heterocycles. The number of aromatic nitrogens is 2. The lowest BCUT2D eigenvalue weighted by Gasteiger charge is -2.46. The lowest BCUT2D eigenvalue weighted by molar-refractivity contribution is 0.411. The molecule has 13 aromatic carbocycles. The number of hydrogen-bond acceptors (Lipinski definition) is 2. The van der Waals surface area contributed by atoms with Crippen molar-refractivity contribution >= 4 is 101 Å². The predicted molar refractivity (Wildman–Crippen MR) is 588 cm³/mol. The molecule has 15 aromatic rings. The van der Waals surface area contributed by atoms with Crippen LogP contribution in [0.25, 0.3) is 99.5 Å². The van der Waals surface area contributed by atoms with Gasteiger partial charge in [-0.3, -0.25) is 0 Å². The SMILES string of the molecule is [2H]C([2H])(c1cc2c3c(c1)N(c1cc(-c4cccc(C(C)(C)C)c4)c(C([2H])([2H])C(C)(C)C)cc1-c1cccc(C(C)(C)C)c1)c1cc(-n4c5ccc(C([2H])([2H])C(C)(C)C)cc5c5cc(C([2H])([2H])C(C)(C)C)ccc54)ccc1B3c1ccc(-n3c4ccc(C([2H])([2H])C(C)(C)C)cc4c4cc(C([2H])([2H])C(C)(C)C)ccc43)cc1N2c1cc(-c2cccc(C(C)(C)C)c2)c(C([2H])([2H])C(C)(C)C)cc1-c1cccc(C(C)(C)C)c1)C(C)(C)C. The summed E-state index contributed by atoms with van der Waals surface area (Å²) < 4.78 is 150. The van der Waals surface area contributed by atoms with Crippen molar-refractivity contribution < 1.29 is 19.2 Å². The van der Waals surface area contributed by atoms with Gasteiger partial charge in [0.1, 0.15) is 0 Å². The van der Waals surface area contributed by atoms with Crippen molar-refractivity contribution in [2.75, 3.05) is 9.80 Å². The van der Waals surface area contributed by atoms with E-state index in [1.54, 1.807) is 0 Å². The fraction of sp³-hybridized carbons (Fsp3) is 0.395. The third-order valence-electron chi connectivity index (χ3n) is 25.6. The van der Waals surface area contributed by atoms with Gasteiger partial charge in [-0.15, -0.1) is 0 Å². The zero-order chi connectivity index (χ0) is 109. The van der Waals surface area contributed by atoms with Gasteiger partial charge >= 0.3 is 0 Å². The summed E-state index contributed by atoms with van der Waals surface area (Å²) in [4.78, 5) is 4.73. The lowest BCUT2D eigenvalue weighted by Crippen LogP contribution is -2.61. The summed E-state index contributed by atoms with van der Waals surface area (Å²) in [6.07, 6.45) is -13.6. The molecule has 0 atom stereocenters. The fourth-order valence-electron chi connectivity index (χ4n) is 20.0. The van der Waals surface area contributed by atoms with Crippen LogP contribution in [0.1, 0.15) is 309 Å². The van der Waals surface area contributed by atoms with E-state index in [2.05, 4.69) is 272 Å². The van der Waals surface area contributed by atoms with Crippen LogP contribution in [0.3, 0.4) is 0 Å². The molecule has 17 rings (SSSR count). The molecule has 4 heterocycles. The summed E-state index contributed by atoms with van der Waals surface area (Å²) in [6, 6.07) is 84.2. The van der Waals surface area contributed by atoms with Crippen LogP contribution in [0.15, 0.2) is 243 Å². The molecule has 5 heteroatoms. The summed E-state index contributed by atoms with van der Waals surface area (Å²) in [5.74, 6) is 0. The third-order valence-corrected chi connectivity index (χ3v) is 25.6. The second kappa shape index (κ2) is 33.5. The van der Waals surface area contributed by atoms with Crippen LogP contribution in [-0.4, -0.2) is 15.8 Å². The first-order valence-corrected chi connectivity index (χ1v) is 48.7. The van der Waals surface area contributed by atoms with E-state index in [1.165, 1.54) is 0 Å². The average Bonchev–Trinajstić information content (AvgIpc) is 0.790. The van der Waals surface area contributed by atoms with Crippen LogP contribution in [-0.2, 0) is 66.3 Å². The Kier molecular flexibility index (Phi) is 19.6. The van der Waals surface area contributed by atoms with Crippen molar-refractivity contribution in [1.29, 1.82) is 0 Å². The maximum Gasteiger partial charge on any atom is 0.252 e. The highest BCUT2D eigenvalue weighted by atomic mass is 15.2. The molecule has 0 bridgehead atoms. The van der Waals surface area contributed by atoms with Crippen molar-refractivity contribution in [1.82, 2.24) is 9.13 Å². The highest BCUT2D eigenvalue weighted by Crippen LogP contribution is 2.55. The Morgan fingerprint density at radius 3 is 0.746 bits per heavy atom. The Morgan fingerprint density at radius 2 is 0.485 bits per heavy atom. The molecule has 0 radical (unpaired) electrons. The molecular weight excluding hydrogens is 1620 g/mol. The normalized spacial score (nSPS) is 16.2. The highest BCUT2D eigenvalue weighted by molar-refractivity contribution is 7.00. The molecule has 0 spiro atoms. The standard InChI is InChI=1S/C129H153BN4/c1-119(2,3)74-81-46-54-108-102(58-81)103-59-82(75-120(4,5)6)47-55-109(103)131(108)96-50-52-106-114(70-96)133(112-72-98(86-38-34-42-92(64-86)126(22,23)24)90(79-124(16,17)18)68-100(112)88-40-36-44-94(66-88)128(28,29)30)116-62-85(78-123(13,14)15)63-117-118(116)130(106)107-53-51-97(132-110-56-48-83(76-121(7,8)9)60-104(110)105-61-84(49-57-111(105)132)77-122(10,11)12)71-115(107)134(117)113-73-99(87-39-35-43-93(65-87)127(25,26)27)91(80-125(19,20)21)69-101(113)89-41-37-45-95(67-89)129(31,32)33/h34-73H,74-80H2,1-33H3/i74D2,75D2,76D2,77D2,78D2,79D2,80D2. The van der Waals surface area contributed by atoms with Gasteiger partial charge in [0.2, 0.25) is 0 Å². The largest absolute Gasteiger partial charge is 0.311 e. The summed E-state index contributed by atoms with van der Waals surface area (Å²) in [5, 5.41) is 2.92. The van der Waals surface area contributed by atoms with Crippen LogP contribution >= 0.6 is 0 Å². The van der Waals surface area contributed by atoms with Crippen molar-refractivity contribution in [3.63, 3.8) is 0 Å². The first-order valence-electron chi connectivity index (χ1n) is 55.7. The lowest BCUT2D eigenvalue weighted by atomic mass is 9.33. The Labute approximate surface area is 826 Å². The molecule has 134 heavy (non-hydrogen) atoms. The summed E-state index contributed by atoms with van der Waals surface area (Å²) in [6.45, 7) is 66.4. The van der Waals surface area contributed by atoms with Crippen molar-refractivity contribution in [3.8, 4) is 55.9 Å². The Morgan fingerprint density at radius 1 is 0.224 bits per heavy atom. The molecule has 692 valence electrons. The smallest absolute Gasteiger partial charge is 0.252 e. The van der Waals surface area contributed by atoms with Gasteiger partial charge in [0.15, 0.2) is 0 Å². The van der Waals surface area contributed by atoms with Crippen LogP contribution < -0.4 is 26.2 Å². The molecule has 0 unspecified atom stereocenters. The first-order chi connectivity index (χ1) is 67.7. The van der Waals surface area contributed by atoms with Gasteiger partial charge in [0.25, 0.3) is 6.71 Å². The Bertz CT molecular complexity index is 7240. The maximum absolute atomic E-state index is 11.3. The molecule has 0 fully saturated rings. The quantitative estimate of drug-likeness (QED) is 0.0951. The van der Waals surface area contributed by atoms with E-state index in [4.69, 9.17) is 0 Å². The van der Waals surface area contributed by atoms with Crippen LogP contribution in [0.4, 0.5) is 34.1 Å². The Balaban J connectivity index is 1.13. The minimum atomic E-state index is -2.18. The van der Waals surface area contributed by atoms with Crippen molar-refractivity contribution in [3.05, 3.63) is 304 Å². The number of nitrogens with zero attached hydrogens (tertiary/aromatic N) is 4. The van der Waals surface area contributed by atoms with Crippen LogP contribution in [0, 0.1) is 37.9 Å². The van der Waals surface area contributed by atoms with Gasteiger partial charge in [-0.2, -0.15) is 0 Å². The number of benzene rings is 13. The van der Waals surface area contributed by atoms with Gasteiger partial charge in [-0.1, -0.05) is 362 Å². The van der Waals surface area contributed by atoms with Gasteiger partial charge < -0.3 is 18.9 Å². The summed E-state index contributed by atoms with van der Waals surface area (Å²) in [5.41, 5.74) is 16.3. The fourth-order valence-corrected chi connectivity index (χ4v) is 20.0. The van der Waals surface area contributed by atoms with E-state index < -0.39 is 89.2 Å². The van der Waals surface area contributed by atoms with Crippen LogP contribution in [0.5, 0.6) is 0 Å². The molecule has 2 aliphatic rings. The highest BCUT2D eigenvalue weighted by Gasteiger charge is 2.46. The molecule has 4 nitrogen and oxygen atoms in total. The van der Waals surface area contributed by atoms with E-state index in [9.17, 15) is 19.2 Å². The maximum atomic E-state index is 11.3. The third kappa shape index (κ3) is 19.7. The van der Waals surface area contributed by atoms with E-state index >= 15 is 0 Å². The number of fused-ring (bicyclic) bond motifs is 10. The van der Waals surface area contributed by atoms with E-state index in [1.807, 2.05) is 218 Å². The van der Waals surface area contributed by atoms with Crippen molar-refractivity contribution in [2.45, 2.75) is 295 Å². The molecule has 0 saturated carbocycles. The van der Waals surface area contributed by atoms with Gasteiger partial charge in [-0.25, -0.2) is 0 Å². The zero-order valence-corrected chi connectivity index (χ0v) is 86.5. The summed E-state index contributed by atoms with van der Waals surface area (Å²) >= 11 is 0. The number of anilines is 6. The number of hydrogen-bond donors (Lipinski definition) is 0. The summed E-state index contributed by atoms with van der Waals surface area (Å²) in [7, 11) is 0. The number of rotatable bonds is 15. The second-order valence-electron chi connectivity index (χ2n) is 49.9. The molecular formula is C129H153BN4. The van der Waals surface area contributed by atoms with Gasteiger partial charge in [0, 0.05) is 86.0 Å². The minimum absolute atomic E-state index is 0.352. The molecule has 0 N–H and O–H groups in total. The van der Waals surface area contributed by atoms with Crippen LogP contribution in [0.2, 0.25) is 0 Å². The van der Waals surface area contributed by atoms with E-state index in [-0.39, 0.29) is 21.7 Å². The van der Waals surface area contributed by atoms with E-state index in [0.29, 0.717) is 107 Å². The Hall–Kier alpha value is -10.9. The monoisotopic (exact) mass is 1780 g/mol. The van der Waals surface area contributed by atoms with Gasteiger partial charge in [-0.05, 0) is 324 Å². The van der Waals surface area contributed by atoms with Gasteiger partial charge in [0.05, 0.1) is 33.4 Å². The first kappa shape index (κ1) is 78.3. The molecule has 0 saturated heterocycles.